The van der Waals surface area contributed by atoms with Crippen molar-refractivity contribution in [3.8, 4) is 5.75 Å². The Morgan fingerprint density at radius 3 is 2.52 bits per heavy atom. The summed E-state index contributed by atoms with van der Waals surface area (Å²) in [6, 6.07) is 5.87. The van der Waals surface area contributed by atoms with Gasteiger partial charge in [-0.25, -0.2) is 0 Å². The molecule has 0 amide bonds. The number of hydrogen-bond donors (Lipinski definition) is 2. The minimum Gasteiger partial charge on any atom is -0.492 e. The topological polar surface area (TPSA) is 41.5 Å². The van der Waals surface area contributed by atoms with E-state index in [1.54, 1.807) is 0 Å². The summed E-state index contributed by atoms with van der Waals surface area (Å²) < 4.78 is 5.88. The van der Waals surface area contributed by atoms with E-state index in [9.17, 15) is 0 Å². The fourth-order valence-corrected chi connectivity index (χ4v) is 2.21. The summed E-state index contributed by atoms with van der Waals surface area (Å²) in [5.74, 6) is 0.790. The van der Waals surface area contributed by atoms with Crippen LogP contribution in [-0.4, -0.2) is 23.9 Å². The van der Waals surface area contributed by atoms with Crippen LogP contribution >= 0.6 is 11.6 Å². The lowest BCUT2D eigenvalue weighted by Gasteiger charge is -2.22. The molecule has 0 aromatic heterocycles. The number of ether oxygens (including phenoxy) is 1. The van der Waals surface area contributed by atoms with E-state index in [0.29, 0.717) is 11.6 Å². The zero-order valence-electron chi connectivity index (χ0n) is 13.4. The van der Waals surface area contributed by atoms with Crippen molar-refractivity contribution in [2.45, 2.75) is 58.5 Å². The molecule has 120 valence electrons. The maximum absolute atomic E-state index is 8.74. The van der Waals surface area contributed by atoms with Gasteiger partial charge in [0.1, 0.15) is 5.75 Å². The number of rotatable bonds is 9. The number of benzene rings is 1. The van der Waals surface area contributed by atoms with Gasteiger partial charge < -0.3 is 15.2 Å². The average molecular weight is 314 g/mol. The Morgan fingerprint density at radius 2 is 1.86 bits per heavy atom. The van der Waals surface area contributed by atoms with E-state index < -0.39 is 0 Å². The van der Waals surface area contributed by atoms with Gasteiger partial charge in [0.2, 0.25) is 0 Å². The molecule has 0 fully saturated rings. The van der Waals surface area contributed by atoms with Crippen molar-refractivity contribution in [1.82, 2.24) is 5.32 Å². The van der Waals surface area contributed by atoms with Crippen LogP contribution < -0.4 is 10.1 Å². The van der Waals surface area contributed by atoms with Crippen molar-refractivity contribution in [3.63, 3.8) is 0 Å². The average Bonchev–Trinajstić information content (AvgIpc) is 2.41. The van der Waals surface area contributed by atoms with Crippen molar-refractivity contribution in [1.29, 1.82) is 0 Å². The normalized spacial score (nSPS) is 11.7. The van der Waals surface area contributed by atoms with Crippen LogP contribution in [-0.2, 0) is 6.54 Å². The first-order chi connectivity index (χ1) is 9.94. The van der Waals surface area contributed by atoms with E-state index in [-0.39, 0.29) is 12.1 Å². The number of nitrogens with one attached hydrogen (secondary N) is 1. The van der Waals surface area contributed by atoms with Gasteiger partial charge in [-0.05, 0) is 46.1 Å². The molecule has 2 N–H and O–H groups in total. The quantitative estimate of drug-likeness (QED) is 0.673. The molecule has 0 aliphatic carbocycles. The monoisotopic (exact) mass is 313 g/mol. The van der Waals surface area contributed by atoms with Crippen LogP contribution in [0.4, 0.5) is 0 Å². The molecule has 0 radical (unpaired) electrons. The predicted octanol–water partition coefficient (Wildman–Crippen LogP) is 4.16. The molecule has 0 atom stereocenters. The minimum absolute atomic E-state index is 0.0594. The highest BCUT2D eigenvalue weighted by atomic mass is 35.5. The maximum Gasteiger partial charge on any atom is 0.142 e. The number of aliphatic hydroxyl groups excluding tert-OH is 1. The fraction of sp³-hybridized carbons (Fsp3) is 0.647. The second-order valence-electron chi connectivity index (χ2n) is 6.32. The fourth-order valence-electron chi connectivity index (χ4n) is 1.96. The standard InChI is InChI=1S/C17H28ClNO2/c1-17(2,3)19-13-14-9-8-10-15(18)16(14)21-12-7-5-4-6-11-20/h8-10,19-20H,4-7,11-13H2,1-3H3. The summed E-state index contributed by atoms with van der Waals surface area (Å²) in [4.78, 5) is 0. The van der Waals surface area contributed by atoms with Crippen molar-refractivity contribution in [3.05, 3.63) is 28.8 Å². The van der Waals surface area contributed by atoms with Crippen molar-refractivity contribution in [2.24, 2.45) is 0 Å². The molecule has 0 bridgehead atoms. The SMILES string of the molecule is CC(C)(C)NCc1cccc(Cl)c1OCCCCCCO. The van der Waals surface area contributed by atoms with Crippen LogP contribution in [0.2, 0.25) is 5.02 Å². The molecule has 0 heterocycles. The van der Waals surface area contributed by atoms with Crippen LogP contribution in [0.15, 0.2) is 18.2 Å². The lowest BCUT2D eigenvalue weighted by atomic mass is 10.1. The van der Waals surface area contributed by atoms with Crippen LogP contribution in [0, 0.1) is 0 Å². The van der Waals surface area contributed by atoms with E-state index in [0.717, 1.165) is 43.5 Å². The van der Waals surface area contributed by atoms with Gasteiger partial charge in [-0.1, -0.05) is 30.2 Å². The first-order valence-electron chi connectivity index (χ1n) is 7.70. The molecule has 21 heavy (non-hydrogen) atoms. The smallest absolute Gasteiger partial charge is 0.142 e. The zero-order valence-corrected chi connectivity index (χ0v) is 14.2. The molecule has 4 heteroatoms. The van der Waals surface area contributed by atoms with Crippen LogP contribution in [0.3, 0.4) is 0 Å². The molecule has 3 nitrogen and oxygen atoms in total. The molecule has 1 aromatic rings. The minimum atomic E-state index is 0.0594. The third-order valence-corrected chi connectivity index (χ3v) is 3.45. The molecule has 0 aliphatic heterocycles. The van der Waals surface area contributed by atoms with Gasteiger partial charge in [0, 0.05) is 24.3 Å². The Hall–Kier alpha value is -0.770. The third-order valence-electron chi connectivity index (χ3n) is 3.16. The number of para-hydroxylation sites is 1. The van der Waals surface area contributed by atoms with E-state index in [2.05, 4.69) is 26.1 Å². The third kappa shape index (κ3) is 7.70. The first kappa shape index (κ1) is 18.3. The van der Waals surface area contributed by atoms with E-state index >= 15 is 0 Å². The van der Waals surface area contributed by atoms with Gasteiger partial charge in [-0.2, -0.15) is 0 Å². The highest BCUT2D eigenvalue weighted by Crippen LogP contribution is 2.29. The molecule has 1 rings (SSSR count). The predicted molar refractivity (Wildman–Crippen MR) is 89.1 cm³/mol. The van der Waals surface area contributed by atoms with E-state index in [1.807, 2.05) is 18.2 Å². The molecule has 1 aromatic carbocycles. The highest BCUT2D eigenvalue weighted by molar-refractivity contribution is 6.32. The summed E-state index contributed by atoms with van der Waals surface area (Å²) in [5, 5.41) is 12.9. The highest BCUT2D eigenvalue weighted by Gasteiger charge is 2.13. The van der Waals surface area contributed by atoms with Crippen molar-refractivity contribution in [2.75, 3.05) is 13.2 Å². The van der Waals surface area contributed by atoms with Gasteiger partial charge in [-0.3, -0.25) is 0 Å². The molecule has 0 spiro atoms. The lowest BCUT2D eigenvalue weighted by Crippen LogP contribution is -2.35. The van der Waals surface area contributed by atoms with Gasteiger partial charge in [-0.15, -0.1) is 0 Å². The van der Waals surface area contributed by atoms with Crippen molar-refractivity contribution >= 4 is 11.6 Å². The maximum atomic E-state index is 8.74. The van der Waals surface area contributed by atoms with Crippen LogP contribution in [0.1, 0.15) is 52.0 Å². The lowest BCUT2D eigenvalue weighted by molar-refractivity contribution is 0.272. The summed E-state index contributed by atoms with van der Waals surface area (Å²) in [6.45, 7) is 8.09. The summed E-state index contributed by atoms with van der Waals surface area (Å²) in [6.07, 6.45) is 3.96. The van der Waals surface area contributed by atoms with Gasteiger partial charge in [0.25, 0.3) is 0 Å². The Morgan fingerprint density at radius 1 is 1.14 bits per heavy atom. The van der Waals surface area contributed by atoms with Gasteiger partial charge in [0.15, 0.2) is 0 Å². The van der Waals surface area contributed by atoms with E-state index in [1.165, 1.54) is 0 Å². The summed E-state index contributed by atoms with van der Waals surface area (Å²) in [5.41, 5.74) is 1.15. The number of aliphatic hydroxyl groups is 1. The van der Waals surface area contributed by atoms with E-state index in [4.69, 9.17) is 21.4 Å². The number of hydrogen-bond acceptors (Lipinski definition) is 3. The van der Waals surface area contributed by atoms with Gasteiger partial charge >= 0.3 is 0 Å². The number of unbranched alkanes of at least 4 members (excludes halogenated alkanes) is 3. The second kappa shape index (κ2) is 9.29. The molecule has 0 unspecified atom stereocenters. The molecular weight excluding hydrogens is 286 g/mol. The summed E-state index contributed by atoms with van der Waals surface area (Å²) >= 11 is 6.26. The Balaban J connectivity index is 2.51. The molecule has 0 saturated heterocycles. The Labute approximate surface area is 133 Å². The second-order valence-corrected chi connectivity index (χ2v) is 6.73. The summed E-state index contributed by atoms with van der Waals surface area (Å²) in [7, 11) is 0. The molecular formula is C17H28ClNO2. The Kier molecular flexibility index (Phi) is 8.09. The largest absolute Gasteiger partial charge is 0.492 e. The molecule has 0 saturated carbocycles. The molecule has 0 aliphatic rings. The first-order valence-corrected chi connectivity index (χ1v) is 8.08. The van der Waals surface area contributed by atoms with Crippen LogP contribution in [0.5, 0.6) is 5.75 Å². The Bertz CT molecular complexity index is 416. The van der Waals surface area contributed by atoms with Crippen molar-refractivity contribution < 1.29 is 9.84 Å². The van der Waals surface area contributed by atoms with Gasteiger partial charge in [0.05, 0.1) is 11.6 Å². The zero-order chi connectivity index (χ0) is 15.7. The number of halogens is 1. The van der Waals surface area contributed by atoms with Crippen LogP contribution in [0.25, 0.3) is 0 Å².